The zero-order valence-corrected chi connectivity index (χ0v) is 18.3. The predicted octanol–water partition coefficient (Wildman–Crippen LogP) is 2.76. The van der Waals surface area contributed by atoms with Gasteiger partial charge in [0.25, 0.3) is 5.91 Å². The van der Waals surface area contributed by atoms with Gasteiger partial charge in [0, 0.05) is 4.90 Å². The molecule has 0 aliphatic rings. The molecule has 154 valence electrons. The molecule has 0 fully saturated rings. The fraction of sp³-hybridized carbons (Fsp3) is 0.261. The van der Waals surface area contributed by atoms with E-state index in [-0.39, 0.29) is 5.91 Å². The van der Waals surface area contributed by atoms with Gasteiger partial charge in [-0.2, -0.15) is 10.4 Å². The third kappa shape index (κ3) is 5.29. The van der Waals surface area contributed by atoms with E-state index in [1.165, 1.54) is 11.8 Å². The summed E-state index contributed by atoms with van der Waals surface area (Å²) in [6, 6.07) is 19.8. The number of para-hydroxylation sites is 2. The summed E-state index contributed by atoms with van der Waals surface area (Å²) in [4.78, 5) is 14.6. The molecule has 0 saturated carbocycles. The summed E-state index contributed by atoms with van der Waals surface area (Å²) in [5, 5.41) is 16.5. The van der Waals surface area contributed by atoms with E-state index in [1.807, 2.05) is 73.3 Å². The monoisotopic (exact) mass is 420 g/mol. The van der Waals surface area contributed by atoms with Gasteiger partial charge in [-0.1, -0.05) is 30.3 Å². The van der Waals surface area contributed by atoms with Crippen LogP contribution < -0.4 is 10.2 Å². The van der Waals surface area contributed by atoms with Gasteiger partial charge >= 0.3 is 0 Å². The highest BCUT2D eigenvalue weighted by molar-refractivity contribution is 7.99. The molecule has 2 aromatic carbocycles. The van der Waals surface area contributed by atoms with Gasteiger partial charge in [-0.15, -0.1) is 11.8 Å². The third-order valence-electron chi connectivity index (χ3n) is 4.84. The van der Waals surface area contributed by atoms with E-state index in [0.717, 1.165) is 38.1 Å². The lowest BCUT2D eigenvalue weighted by molar-refractivity contribution is -0.885. The maximum absolute atomic E-state index is 12.6. The van der Waals surface area contributed by atoms with Crippen LogP contribution in [0, 0.1) is 25.2 Å². The van der Waals surface area contributed by atoms with E-state index >= 15 is 0 Å². The molecule has 1 aromatic heterocycles. The number of benzene rings is 2. The van der Waals surface area contributed by atoms with E-state index in [2.05, 4.69) is 18.3 Å². The van der Waals surface area contributed by atoms with Crippen LogP contribution in [-0.2, 0) is 11.3 Å². The molecule has 0 bridgehead atoms. The fourth-order valence-corrected chi connectivity index (χ4v) is 4.06. The van der Waals surface area contributed by atoms with Crippen LogP contribution in [0.3, 0.4) is 0 Å². The first-order valence-corrected chi connectivity index (χ1v) is 10.8. The van der Waals surface area contributed by atoms with Crippen molar-refractivity contribution in [3.63, 3.8) is 0 Å². The minimum atomic E-state index is -0.0525. The van der Waals surface area contributed by atoms with Crippen LogP contribution >= 0.6 is 11.8 Å². The van der Waals surface area contributed by atoms with E-state index in [9.17, 15) is 4.79 Å². The van der Waals surface area contributed by atoms with Crippen LogP contribution in [-0.4, -0.2) is 35.0 Å². The summed E-state index contributed by atoms with van der Waals surface area (Å²) in [6.07, 6.45) is 0. The van der Waals surface area contributed by atoms with Gasteiger partial charge in [-0.05, 0) is 38.1 Å². The van der Waals surface area contributed by atoms with Gasteiger partial charge in [0.05, 0.1) is 47.2 Å². The van der Waals surface area contributed by atoms with E-state index in [1.54, 1.807) is 0 Å². The van der Waals surface area contributed by atoms with Gasteiger partial charge in [-0.25, -0.2) is 4.68 Å². The molecule has 0 aliphatic carbocycles. The first kappa shape index (κ1) is 21.6. The van der Waals surface area contributed by atoms with Crippen molar-refractivity contribution in [1.82, 2.24) is 9.78 Å². The lowest BCUT2D eigenvalue weighted by Gasteiger charge is -2.15. The number of rotatable bonds is 8. The van der Waals surface area contributed by atoms with E-state index < -0.39 is 0 Å². The Morgan fingerprint density at radius 2 is 1.87 bits per heavy atom. The SMILES string of the molecule is Cc1nn(-c2ccccc2)c(C)c1C[NH+](C)CC(=O)Nc1ccccc1SCC#N. The Bertz CT molecular complexity index is 1060. The molecule has 3 aromatic rings. The van der Waals surface area contributed by atoms with Crippen LogP contribution in [0.5, 0.6) is 0 Å². The zero-order chi connectivity index (χ0) is 21.5. The minimum Gasteiger partial charge on any atom is -0.326 e. The van der Waals surface area contributed by atoms with Crippen molar-refractivity contribution < 1.29 is 9.69 Å². The Balaban J connectivity index is 1.65. The molecule has 2 N–H and O–H groups in total. The fourth-order valence-electron chi connectivity index (χ4n) is 3.39. The number of nitrogens with zero attached hydrogens (tertiary/aromatic N) is 3. The van der Waals surface area contributed by atoms with E-state index in [0.29, 0.717) is 18.8 Å². The highest BCUT2D eigenvalue weighted by Crippen LogP contribution is 2.26. The quantitative estimate of drug-likeness (QED) is 0.550. The number of quaternary nitrogens is 1. The summed E-state index contributed by atoms with van der Waals surface area (Å²) in [7, 11) is 2.01. The van der Waals surface area contributed by atoms with Gasteiger partial charge in [0.2, 0.25) is 0 Å². The molecule has 0 radical (unpaired) electrons. The van der Waals surface area contributed by atoms with Gasteiger partial charge in [-0.3, -0.25) is 4.79 Å². The average molecular weight is 421 g/mol. The molecule has 0 spiro atoms. The molecular weight excluding hydrogens is 394 g/mol. The van der Waals surface area contributed by atoms with Crippen molar-refractivity contribution in [2.24, 2.45) is 0 Å². The number of hydrogen-bond donors (Lipinski definition) is 2. The second-order valence-electron chi connectivity index (χ2n) is 7.20. The first-order valence-electron chi connectivity index (χ1n) is 9.80. The first-order chi connectivity index (χ1) is 14.5. The molecule has 1 atom stereocenters. The van der Waals surface area contributed by atoms with Crippen molar-refractivity contribution in [2.75, 3.05) is 24.7 Å². The number of carbonyl (C=O) groups excluding carboxylic acids is 1. The number of thioether (sulfide) groups is 1. The normalized spacial score (nSPS) is 11.7. The number of nitriles is 1. The second-order valence-corrected chi connectivity index (χ2v) is 8.22. The number of anilines is 1. The van der Waals surface area contributed by atoms with Crippen molar-refractivity contribution >= 4 is 23.4 Å². The minimum absolute atomic E-state index is 0.0525. The molecule has 30 heavy (non-hydrogen) atoms. The summed E-state index contributed by atoms with van der Waals surface area (Å²) < 4.78 is 1.96. The largest absolute Gasteiger partial charge is 0.326 e. The summed E-state index contributed by atoms with van der Waals surface area (Å²) >= 11 is 1.42. The van der Waals surface area contributed by atoms with Crippen molar-refractivity contribution in [2.45, 2.75) is 25.3 Å². The molecule has 3 rings (SSSR count). The highest BCUT2D eigenvalue weighted by Gasteiger charge is 2.19. The van der Waals surface area contributed by atoms with Crippen LogP contribution in [0.1, 0.15) is 17.0 Å². The topological polar surface area (TPSA) is 75.2 Å². The van der Waals surface area contributed by atoms with Crippen molar-refractivity contribution in [1.29, 1.82) is 5.26 Å². The average Bonchev–Trinajstić information content (AvgIpc) is 3.02. The number of likely N-dealkylation sites (N-methyl/N-ethyl adjacent to an activating group) is 1. The molecule has 0 aliphatic heterocycles. The van der Waals surface area contributed by atoms with E-state index in [4.69, 9.17) is 10.4 Å². The van der Waals surface area contributed by atoms with Crippen LogP contribution in [0.25, 0.3) is 5.69 Å². The zero-order valence-electron chi connectivity index (χ0n) is 17.5. The summed E-state index contributed by atoms with van der Waals surface area (Å²) in [5.41, 5.74) is 5.02. The summed E-state index contributed by atoms with van der Waals surface area (Å²) in [6.45, 7) is 5.13. The summed E-state index contributed by atoms with van der Waals surface area (Å²) in [5.74, 6) is 0.297. The smallest absolute Gasteiger partial charge is 0.279 e. The standard InChI is InChI=1S/C23H25N5OS/c1-17-20(18(2)28(26-17)19-9-5-4-6-10-19)15-27(3)16-23(29)25-21-11-7-8-12-22(21)30-14-13-24/h4-12H,14-16H2,1-3H3,(H,25,29)/p+1. The molecule has 1 heterocycles. The Kier molecular flexibility index (Phi) is 7.28. The van der Waals surface area contributed by atoms with Gasteiger partial charge in [0.15, 0.2) is 6.54 Å². The van der Waals surface area contributed by atoms with Crippen LogP contribution in [0.4, 0.5) is 5.69 Å². The Morgan fingerprint density at radius 3 is 2.60 bits per heavy atom. The molecule has 7 heteroatoms. The Labute approximate surface area is 181 Å². The predicted molar refractivity (Wildman–Crippen MR) is 120 cm³/mol. The number of aryl methyl sites for hydroxylation is 1. The lowest BCUT2D eigenvalue weighted by Crippen LogP contribution is -3.08. The van der Waals surface area contributed by atoms with Crippen LogP contribution in [0.15, 0.2) is 59.5 Å². The number of amides is 1. The van der Waals surface area contributed by atoms with Gasteiger partial charge in [0.1, 0.15) is 6.54 Å². The highest BCUT2D eigenvalue weighted by atomic mass is 32.2. The van der Waals surface area contributed by atoms with Crippen molar-refractivity contribution in [3.8, 4) is 11.8 Å². The maximum atomic E-state index is 12.6. The molecule has 0 saturated heterocycles. The third-order valence-corrected chi connectivity index (χ3v) is 5.78. The second kappa shape index (κ2) is 10.1. The molecule has 1 unspecified atom stereocenters. The van der Waals surface area contributed by atoms with Crippen LogP contribution in [0.2, 0.25) is 0 Å². The Morgan fingerprint density at radius 1 is 1.17 bits per heavy atom. The number of carbonyl (C=O) groups is 1. The van der Waals surface area contributed by atoms with Crippen molar-refractivity contribution in [3.05, 3.63) is 71.5 Å². The lowest BCUT2D eigenvalue weighted by atomic mass is 10.2. The Hall–Kier alpha value is -3.08. The molecule has 1 amide bonds. The number of aromatic nitrogens is 2. The molecular formula is C23H26N5OS+. The maximum Gasteiger partial charge on any atom is 0.279 e. The number of hydrogen-bond acceptors (Lipinski definition) is 4. The van der Waals surface area contributed by atoms with Gasteiger partial charge < -0.3 is 10.2 Å². The number of nitrogens with one attached hydrogen (secondary N) is 2. The molecule has 6 nitrogen and oxygen atoms in total.